The second-order valence-corrected chi connectivity index (χ2v) is 3.92. The zero-order valence-corrected chi connectivity index (χ0v) is 7.88. The van der Waals surface area contributed by atoms with Crippen molar-refractivity contribution in [1.29, 1.82) is 0 Å². The van der Waals surface area contributed by atoms with E-state index >= 15 is 0 Å². The summed E-state index contributed by atoms with van der Waals surface area (Å²) in [7, 11) is -4.52. The Morgan fingerprint density at radius 3 is 2.62 bits per heavy atom. The first-order valence-corrected chi connectivity index (χ1v) is 5.11. The van der Waals surface area contributed by atoms with Crippen LogP contribution >= 0.6 is 0 Å². The highest BCUT2D eigenvalue weighted by molar-refractivity contribution is 7.89. The van der Waals surface area contributed by atoms with Crippen molar-refractivity contribution in [1.82, 2.24) is 0 Å². The van der Waals surface area contributed by atoms with E-state index in [1.54, 1.807) is 18.2 Å². The van der Waals surface area contributed by atoms with E-state index in [-0.39, 0.29) is 0 Å². The molecule has 0 aliphatic carbocycles. The number of aryl methyl sites for hydroxylation is 1. The zero-order chi connectivity index (χ0) is 9.90. The van der Waals surface area contributed by atoms with Crippen LogP contribution in [0.25, 0.3) is 6.08 Å². The molecule has 0 aliphatic rings. The topological polar surface area (TPSA) is 34.1 Å². The monoisotopic (exact) mass is 200 g/mol. The molecule has 1 aromatic carbocycles. The third-order valence-electron chi connectivity index (χ3n) is 1.47. The standard InChI is InChI=1S/C9H9FO2S/c1-8-3-2-4-9(7-8)5-6-13(10,11)12/h2-7H,1H3/b6-5+. The molecule has 0 bridgehead atoms. The van der Waals surface area contributed by atoms with E-state index in [0.29, 0.717) is 11.0 Å². The molecular formula is C9H9FO2S. The molecule has 13 heavy (non-hydrogen) atoms. The van der Waals surface area contributed by atoms with Gasteiger partial charge in [0.2, 0.25) is 0 Å². The number of halogens is 1. The van der Waals surface area contributed by atoms with Gasteiger partial charge in [0.25, 0.3) is 0 Å². The third kappa shape index (κ3) is 3.85. The van der Waals surface area contributed by atoms with Crippen LogP contribution in [0.2, 0.25) is 0 Å². The summed E-state index contributed by atoms with van der Waals surface area (Å²) < 4.78 is 32.3. The van der Waals surface area contributed by atoms with Gasteiger partial charge in [-0.05, 0) is 18.6 Å². The van der Waals surface area contributed by atoms with Crippen LogP contribution in [0.15, 0.2) is 29.7 Å². The molecule has 1 aromatic rings. The highest BCUT2D eigenvalue weighted by atomic mass is 32.3. The predicted octanol–water partition coefficient (Wildman–Crippen LogP) is 2.27. The Morgan fingerprint density at radius 1 is 1.38 bits per heavy atom. The van der Waals surface area contributed by atoms with Gasteiger partial charge in [0.1, 0.15) is 0 Å². The fourth-order valence-electron chi connectivity index (χ4n) is 0.934. The summed E-state index contributed by atoms with van der Waals surface area (Å²) in [6.45, 7) is 1.88. The second-order valence-electron chi connectivity index (χ2n) is 2.69. The highest BCUT2D eigenvalue weighted by Gasteiger charge is 1.98. The molecule has 0 spiro atoms. The van der Waals surface area contributed by atoms with Gasteiger partial charge >= 0.3 is 10.2 Å². The molecule has 0 fully saturated rings. The van der Waals surface area contributed by atoms with E-state index in [0.717, 1.165) is 5.56 Å². The van der Waals surface area contributed by atoms with Gasteiger partial charge in [-0.15, -0.1) is 3.89 Å². The van der Waals surface area contributed by atoms with Gasteiger partial charge in [-0.1, -0.05) is 29.8 Å². The second kappa shape index (κ2) is 3.70. The smallest absolute Gasteiger partial charge is 0.190 e. The van der Waals surface area contributed by atoms with Crippen molar-refractivity contribution in [3.8, 4) is 0 Å². The first-order valence-electron chi connectivity index (χ1n) is 3.67. The molecule has 0 saturated carbocycles. The van der Waals surface area contributed by atoms with Crippen molar-refractivity contribution in [3.05, 3.63) is 40.8 Å². The van der Waals surface area contributed by atoms with Crippen molar-refractivity contribution in [2.75, 3.05) is 0 Å². The van der Waals surface area contributed by atoms with Crippen LogP contribution in [0.5, 0.6) is 0 Å². The summed E-state index contributed by atoms with van der Waals surface area (Å²) in [4.78, 5) is 0. The first kappa shape index (κ1) is 9.92. The average Bonchev–Trinajstić information content (AvgIpc) is 2.00. The first-order chi connectivity index (χ1) is 5.97. The summed E-state index contributed by atoms with van der Waals surface area (Å²) >= 11 is 0. The Bertz CT molecular complexity index is 421. The molecule has 1 rings (SSSR count). The summed E-state index contributed by atoms with van der Waals surface area (Å²) in [6, 6.07) is 7.12. The zero-order valence-electron chi connectivity index (χ0n) is 7.07. The van der Waals surface area contributed by atoms with Gasteiger partial charge in [-0.2, -0.15) is 8.42 Å². The lowest BCUT2D eigenvalue weighted by atomic mass is 10.1. The maximum Gasteiger partial charge on any atom is 0.325 e. The molecule has 70 valence electrons. The van der Waals surface area contributed by atoms with E-state index in [2.05, 4.69) is 0 Å². The van der Waals surface area contributed by atoms with Crippen LogP contribution in [0.4, 0.5) is 3.89 Å². The van der Waals surface area contributed by atoms with Gasteiger partial charge in [0.15, 0.2) is 0 Å². The molecule has 0 N–H and O–H groups in total. The Kier molecular flexibility index (Phi) is 2.83. The summed E-state index contributed by atoms with van der Waals surface area (Å²) in [5.41, 5.74) is 1.67. The molecule has 0 amide bonds. The Labute approximate surface area is 76.9 Å². The van der Waals surface area contributed by atoms with E-state index in [9.17, 15) is 12.3 Å². The SMILES string of the molecule is Cc1cccc(/C=C/S(=O)(=O)F)c1. The van der Waals surface area contributed by atoms with Crippen molar-refractivity contribution in [2.45, 2.75) is 6.92 Å². The summed E-state index contributed by atoms with van der Waals surface area (Å²) in [5.74, 6) is 0. The maximum atomic E-state index is 12.1. The summed E-state index contributed by atoms with van der Waals surface area (Å²) in [6.07, 6.45) is 1.22. The van der Waals surface area contributed by atoms with Crippen molar-refractivity contribution in [3.63, 3.8) is 0 Å². The molecule has 0 atom stereocenters. The van der Waals surface area contributed by atoms with Gasteiger partial charge in [0.05, 0.1) is 5.41 Å². The third-order valence-corrected chi connectivity index (χ3v) is 1.93. The van der Waals surface area contributed by atoms with Crippen molar-refractivity contribution >= 4 is 16.3 Å². The number of benzene rings is 1. The molecule has 0 radical (unpaired) electrons. The molecule has 0 aliphatic heterocycles. The highest BCUT2D eigenvalue weighted by Crippen LogP contribution is 2.07. The minimum atomic E-state index is -4.52. The van der Waals surface area contributed by atoms with Crippen LogP contribution in [-0.4, -0.2) is 8.42 Å². The van der Waals surface area contributed by atoms with Crippen LogP contribution in [0.3, 0.4) is 0 Å². The maximum absolute atomic E-state index is 12.1. The number of hydrogen-bond acceptors (Lipinski definition) is 2. The molecular weight excluding hydrogens is 191 g/mol. The lowest BCUT2D eigenvalue weighted by Crippen LogP contribution is -1.81. The molecule has 4 heteroatoms. The van der Waals surface area contributed by atoms with Crippen LogP contribution < -0.4 is 0 Å². The lowest BCUT2D eigenvalue weighted by Gasteiger charge is -1.93. The molecule has 0 unspecified atom stereocenters. The van der Waals surface area contributed by atoms with E-state index in [1.807, 2.05) is 13.0 Å². The van der Waals surface area contributed by atoms with E-state index in [1.165, 1.54) is 6.08 Å². The normalized spacial score (nSPS) is 12.2. The van der Waals surface area contributed by atoms with Crippen molar-refractivity contribution in [2.24, 2.45) is 0 Å². The minimum absolute atomic E-state index is 0.543. The molecule has 0 heterocycles. The van der Waals surface area contributed by atoms with E-state index in [4.69, 9.17) is 0 Å². The van der Waals surface area contributed by atoms with Crippen molar-refractivity contribution < 1.29 is 12.3 Å². The summed E-state index contributed by atoms with van der Waals surface area (Å²) in [5, 5.41) is 0.543. The molecule has 0 saturated heterocycles. The Hall–Kier alpha value is -1.16. The fourth-order valence-corrected chi connectivity index (χ4v) is 1.25. The Balaban J connectivity index is 2.93. The van der Waals surface area contributed by atoms with Crippen LogP contribution in [0, 0.1) is 6.92 Å². The lowest BCUT2D eigenvalue weighted by molar-refractivity contribution is 0.563. The largest absolute Gasteiger partial charge is 0.325 e. The van der Waals surface area contributed by atoms with Gasteiger partial charge in [-0.3, -0.25) is 0 Å². The average molecular weight is 200 g/mol. The number of rotatable bonds is 2. The van der Waals surface area contributed by atoms with Gasteiger partial charge in [0, 0.05) is 0 Å². The Morgan fingerprint density at radius 2 is 2.08 bits per heavy atom. The predicted molar refractivity (Wildman–Crippen MR) is 50.2 cm³/mol. The van der Waals surface area contributed by atoms with E-state index < -0.39 is 10.2 Å². The molecule has 0 aromatic heterocycles. The van der Waals surface area contributed by atoms with Gasteiger partial charge < -0.3 is 0 Å². The fraction of sp³-hybridized carbons (Fsp3) is 0.111. The van der Waals surface area contributed by atoms with Crippen LogP contribution in [0.1, 0.15) is 11.1 Å². The molecule has 2 nitrogen and oxygen atoms in total. The van der Waals surface area contributed by atoms with Gasteiger partial charge in [-0.25, -0.2) is 0 Å². The van der Waals surface area contributed by atoms with Crippen LogP contribution in [-0.2, 0) is 10.2 Å². The number of hydrogen-bond donors (Lipinski definition) is 0. The minimum Gasteiger partial charge on any atom is -0.190 e. The quantitative estimate of drug-likeness (QED) is 0.686.